The van der Waals surface area contributed by atoms with E-state index in [1.54, 1.807) is 0 Å². The molecule has 3 nitrogen and oxygen atoms in total. The van der Waals surface area contributed by atoms with Crippen molar-refractivity contribution in [2.24, 2.45) is 0 Å². The second kappa shape index (κ2) is 18.2. The van der Waals surface area contributed by atoms with Crippen LogP contribution in [0.5, 0.6) is 0 Å². The van der Waals surface area contributed by atoms with Crippen LogP contribution < -0.4 is 31.1 Å². The minimum absolute atomic E-state index is 0.00251. The van der Waals surface area contributed by atoms with Crippen LogP contribution in [0, 0.1) is 6.92 Å². The van der Waals surface area contributed by atoms with Crippen molar-refractivity contribution in [2.75, 3.05) is 14.7 Å². The zero-order valence-corrected chi connectivity index (χ0v) is 48.7. The molecule has 0 unspecified atom stereocenters. The maximum absolute atomic E-state index is 2.72. The van der Waals surface area contributed by atoms with E-state index in [0.717, 1.165) is 42.7 Å². The Labute approximate surface area is 472 Å². The van der Waals surface area contributed by atoms with Crippen LogP contribution in [0.3, 0.4) is 0 Å². The lowest BCUT2D eigenvalue weighted by molar-refractivity contribution is 0.332. The van der Waals surface area contributed by atoms with Gasteiger partial charge in [-0.3, -0.25) is 0 Å². The van der Waals surface area contributed by atoms with Crippen molar-refractivity contribution in [3.05, 3.63) is 228 Å². The van der Waals surface area contributed by atoms with Crippen molar-refractivity contribution in [2.45, 2.75) is 136 Å². The molecule has 0 atom stereocenters. The highest BCUT2D eigenvalue weighted by Gasteiger charge is 2.49. The van der Waals surface area contributed by atoms with E-state index >= 15 is 0 Å². The quantitative estimate of drug-likeness (QED) is 0.147. The van der Waals surface area contributed by atoms with Gasteiger partial charge >= 0.3 is 0 Å². The summed E-state index contributed by atoms with van der Waals surface area (Å²) >= 11 is 0. The lowest BCUT2D eigenvalue weighted by Gasteiger charge is -2.49. The summed E-state index contributed by atoms with van der Waals surface area (Å²) in [6.07, 6.45) is 4.56. The van der Waals surface area contributed by atoms with Gasteiger partial charge in [-0.05, 0) is 193 Å². The maximum Gasteiger partial charge on any atom is 0.252 e. The lowest BCUT2D eigenvalue weighted by Crippen LogP contribution is -2.62. The summed E-state index contributed by atoms with van der Waals surface area (Å²) in [4.78, 5) is 7.91. The summed E-state index contributed by atoms with van der Waals surface area (Å²) in [6.45, 7) is 29.2. The molecule has 9 aromatic rings. The Bertz CT molecular complexity index is 3810. The third-order valence-electron chi connectivity index (χ3n) is 19.0. The first-order valence-corrected chi connectivity index (χ1v) is 29.1. The average Bonchev–Trinajstić information content (AvgIpc) is 3.48. The number of hydrogen-bond acceptors (Lipinski definition) is 3. The molecule has 0 fully saturated rings. The number of benzene rings is 9. The Balaban J connectivity index is 1.23. The largest absolute Gasteiger partial charge is 0.311 e. The highest BCUT2D eigenvalue weighted by molar-refractivity contribution is 7.00. The molecule has 0 saturated heterocycles. The van der Waals surface area contributed by atoms with Crippen molar-refractivity contribution < 1.29 is 0 Å². The Hall–Kier alpha value is -7.56. The Morgan fingerprint density at radius 2 is 0.810 bits per heavy atom. The van der Waals surface area contributed by atoms with Crippen LogP contribution in [-0.2, 0) is 27.1 Å². The topological polar surface area (TPSA) is 9.72 Å². The van der Waals surface area contributed by atoms with Gasteiger partial charge in [-0.1, -0.05) is 204 Å². The molecule has 0 aromatic heterocycles. The van der Waals surface area contributed by atoms with Crippen molar-refractivity contribution in [3.63, 3.8) is 0 Å². The van der Waals surface area contributed by atoms with Gasteiger partial charge < -0.3 is 14.7 Å². The number of nitrogens with zero attached hydrogens (tertiary/aromatic N) is 3. The summed E-state index contributed by atoms with van der Waals surface area (Å²) in [5, 5.41) is 0. The molecule has 9 aromatic carbocycles. The molecule has 13 rings (SSSR count). The molecule has 0 bridgehead atoms. The smallest absolute Gasteiger partial charge is 0.252 e. The molecule has 0 N–H and O–H groups in total. The second-order valence-electron chi connectivity index (χ2n) is 27.2. The molecule has 0 radical (unpaired) electrons. The van der Waals surface area contributed by atoms with Gasteiger partial charge in [0.25, 0.3) is 6.71 Å². The minimum atomic E-state index is -0.0673. The second-order valence-corrected chi connectivity index (χ2v) is 27.2. The SMILES string of the molecule is Cc1ccc(-c2ccccc2)cc1N1c2cc3c(cc2B2c4cc5c(cc4N(c4ccc(C(C)(C)C)cc4-c4ccccc4)c4cc(N(c6ccccc6)c6ccccc6)cc1c42)C(C)(C)CCC5(C)C)C(C)(C)CCC3(C)C. The predicted molar refractivity (Wildman–Crippen MR) is 340 cm³/mol. The molecule has 0 saturated carbocycles. The van der Waals surface area contributed by atoms with Gasteiger partial charge in [0.2, 0.25) is 0 Å². The zero-order valence-electron chi connectivity index (χ0n) is 48.7. The highest BCUT2D eigenvalue weighted by Crippen LogP contribution is 2.55. The summed E-state index contributed by atoms with van der Waals surface area (Å²) in [7, 11) is 0. The zero-order chi connectivity index (χ0) is 55.0. The molecule has 0 amide bonds. The fourth-order valence-corrected chi connectivity index (χ4v) is 14.1. The number of fused-ring (bicyclic) bond motifs is 6. The van der Waals surface area contributed by atoms with Gasteiger partial charge in [0.05, 0.1) is 11.4 Å². The highest BCUT2D eigenvalue weighted by atomic mass is 15.2. The van der Waals surface area contributed by atoms with E-state index in [-0.39, 0.29) is 33.8 Å². The number of rotatable bonds is 7. The number of anilines is 9. The van der Waals surface area contributed by atoms with Gasteiger partial charge in [0.1, 0.15) is 0 Å². The average molecular weight is 1030 g/mol. The first kappa shape index (κ1) is 50.9. The molecule has 0 spiro atoms. The molecular formula is C75H76BN3. The normalized spacial score (nSPS) is 17.0. The molecule has 2 aliphatic carbocycles. The lowest BCUT2D eigenvalue weighted by atomic mass is 9.32. The molecule has 4 heteroatoms. The van der Waals surface area contributed by atoms with Gasteiger partial charge in [-0.2, -0.15) is 0 Å². The molecule has 4 aliphatic rings. The summed E-state index contributed by atoms with van der Waals surface area (Å²) in [5.74, 6) is 0. The molecule has 79 heavy (non-hydrogen) atoms. The van der Waals surface area contributed by atoms with Gasteiger partial charge in [0, 0.05) is 45.4 Å². The van der Waals surface area contributed by atoms with E-state index < -0.39 is 0 Å². The molecular weight excluding hydrogens is 954 g/mol. The van der Waals surface area contributed by atoms with Crippen molar-refractivity contribution in [1.82, 2.24) is 0 Å². The standard InChI is InChI=1S/C75H76BN3/c1-49-33-34-52(50-25-17-13-18-26-50)41-65(49)79-67-48-61-59(73(7,8)38-40-75(61,11)12)46-63(67)76-62-45-58-60(74(9,10)39-37-72(58,5)6)47-66(62)78(64-36-35-53(71(2,3)4)42-57(64)51-27-19-14-20-28-51)68-43-56(44-69(79)70(68)76)77(54-29-21-15-22-30-54)55-31-23-16-24-32-55/h13-36,41-48H,37-40H2,1-12H3. The van der Waals surface area contributed by atoms with Crippen molar-refractivity contribution in [1.29, 1.82) is 0 Å². The van der Waals surface area contributed by atoms with Crippen molar-refractivity contribution in [3.8, 4) is 22.3 Å². The first-order valence-electron chi connectivity index (χ1n) is 29.1. The van der Waals surface area contributed by atoms with Gasteiger partial charge in [-0.25, -0.2) is 0 Å². The van der Waals surface area contributed by atoms with E-state index in [2.05, 4.69) is 292 Å². The van der Waals surface area contributed by atoms with Crippen LogP contribution in [-0.4, -0.2) is 6.71 Å². The van der Waals surface area contributed by atoms with E-state index in [1.165, 1.54) is 106 Å². The summed E-state index contributed by atoms with van der Waals surface area (Å²) < 4.78 is 0. The van der Waals surface area contributed by atoms with Crippen LogP contribution in [0.4, 0.5) is 51.2 Å². The maximum atomic E-state index is 2.72. The Kier molecular flexibility index (Phi) is 11.8. The number of aryl methyl sites for hydroxylation is 1. The van der Waals surface area contributed by atoms with E-state index in [1.807, 2.05) is 0 Å². The number of para-hydroxylation sites is 2. The Morgan fingerprint density at radius 1 is 0.380 bits per heavy atom. The van der Waals surface area contributed by atoms with E-state index in [9.17, 15) is 0 Å². The fourth-order valence-electron chi connectivity index (χ4n) is 14.1. The van der Waals surface area contributed by atoms with Crippen LogP contribution in [0.15, 0.2) is 194 Å². The predicted octanol–water partition coefficient (Wildman–Crippen LogP) is 18.9. The minimum Gasteiger partial charge on any atom is -0.311 e. The fraction of sp³-hybridized carbons (Fsp3) is 0.280. The van der Waals surface area contributed by atoms with Crippen molar-refractivity contribution >= 4 is 74.3 Å². The molecule has 2 aliphatic heterocycles. The van der Waals surface area contributed by atoms with E-state index in [0.29, 0.717) is 0 Å². The third-order valence-corrected chi connectivity index (χ3v) is 19.0. The van der Waals surface area contributed by atoms with E-state index in [4.69, 9.17) is 0 Å². The third kappa shape index (κ3) is 8.38. The number of hydrogen-bond donors (Lipinski definition) is 0. The summed E-state index contributed by atoms with van der Waals surface area (Å²) in [6, 6.07) is 74.5. The van der Waals surface area contributed by atoms with Crippen LogP contribution in [0.2, 0.25) is 0 Å². The van der Waals surface area contributed by atoms with Gasteiger partial charge in [-0.15, -0.1) is 0 Å². The molecule has 394 valence electrons. The monoisotopic (exact) mass is 1030 g/mol. The van der Waals surface area contributed by atoms with Crippen LogP contribution in [0.25, 0.3) is 22.3 Å². The van der Waals surface area contributed by atoms with Crippen LogP contribution >= 0.6 is 0 Å². The summed E-state index contributed by atoms with van der Waals surface area (Å²) in [5.41, 5.74) is 28.0. The Morgan fingerprint density at radius 3 is 1.28 bits per heavy atom. The van der Waals surface area contributed by atoms with Gasteiger partial charge in [0.15, 0.2) is 0 Å². The first-order chi connectivity index (χ1) is 37.7. The molecule has 2 heterocycles. The van der Waals surface area contributed by atoms with Crippen LogP contribution in [0.1, 0.15) is 135 Å².